The van der Waals surface area contributed by atoms with E-state index in [1.54, 1.807) is 54.6 Å². The van der Waals surface area contributed by atoms with Crippen molar-refractivity contribution in [1.29, 1.82) is 0 Å². The topological polar surface area (TPSA) is 87.3 Å². The van der Waals surface area contributed by atoms with Gasteiger partial charge in [0.15, 0.2) is 0 Å². The Bertz CT molecular complexity index is 1570. The van der Waals surface area contributed by atoms with E-state index in [-0.39, 0.29) is 27.9 Å². The Labute approximate surface area is 247 Å². The van der Waals surface area contributed by atoms with Gasteiger partial charge in [-0.3, -0.25) is 14.4 Å². The largest absolute Gasteiger partial charge is 0.325 e. The predicted octanol–water partition coefficient (Wildman–Crippen LogP) is 7.24. The highest BCUT2D eigenvalue weighted by atomic mass is 35.5. The number of aryl methyl sites for hydroxylation is 2. The normalized spacial score (nSPS) is 11.1. The third kappa shape index (κ3) is 8.06. The first-order chi connectivity index (χ1) is 19.7. The molecule has 0 aliphatic rings. The van der Waals surface area contributed by atoms with Crippen LogP contribution in [0.3, 0.4) is 0 Å². The second-order valence-electron chi connectivity index (χ2n) is 9.10. The maximum Gasteiger partial charge on any atom is 0.272 e. The average Bonchev–Trinajstić information content (AvgIpc) is 2.96. The maximum atomic E-state index is 14.5. The van der Waals surface area contributed by atoms with Crippen LogP contribution in [0.15, 0.2) is 102 Å². The zero-order valence-corrected chi connectivity index (χ0v) is 23.9. The van der Waals surface area contributed by atoms with Crippen LogP contribution >= 0.6 is 23.4 Å². The summed E-state index contributed by atoms with van der Waals surface area (Å²) in [6.07, 6.45) is 1.20. The first-order valence-electron chi connectivity index (χ1n) is 12.6. The molecule has 0 aromatic heterocycles. The Kier molecular flexibility index (Phi) is 9.95. The summed E-state index contributed by atoms with van der Waals surface area (Å²) in [4.78, 5) is 39.3. The van der Waals surface area contributed by atoms with Gasteiger partial charge in [0.2, 0.25) is 5.91 Å². The summed E-state index contributed by atoms with van der Waals surface area (Å²) in [6.45, 7) is 3.89. The van der Waals surface area contributed by atoms with Crippen molar-refractivity contribution in [3.63, 3.8) is 0 Å². The molecule has 0 saturated carbocycles. The van der Waals surface area contributed by atoms with E-state index in [4.69, 9.17) is 11.6 Å². The average molecular weight is 588 g/mol. The molecule has 0 aliphatic heterocycles. The number of anilines is 2. The van der Waals surface area contributed by atoms with Crippen LogP contribution in [0.1, 0.15) is 27.0 Å². The molecule has 4 aromatic carbocycles. The summed E-state index contributed by atoms with van der Waals surface area (Å²) in [6, 6.07) is 25.2. The van der Waals surface area contributed by atoms with Gasteiger partial charge in [-0.15, -0.1) is 11.8 Å². The summed E-state index contributed by atoms with van der Waals surface area (Å²) >= 11 is 7.52. The zero-order chi connectivity index (χ0) is 29.4. The van der Waals surface area contributed by atoms with Crippen LogP contribution in [0, 0.1) is 19.7 Å². The molecule has 6 nitrogen and oxygen atoms in total. The van der Waals surface area contributed by atoms with E-state index in [9.17, 15) is 18.8 Å². The van der Waals surface area contributed by atoms with Crippen LogP contribution < -0.4 is 16.0 Å². The monoisotopic (exact) mass is 587 g/mol. The van der Waals surface area contributed by atoms with E-state index in [1.165, 1.54) is 36.0 Å². The molecule has 41 heavy (non-hydrogen) atoms. The lowest BCUT2D eigenvalue weighted by molar-refractivity contribution is -0.114. The van der Waals surface area contributed by atoms with E-state index < -0.39 is 17.6 Å². The lowest BCUT2D eigenvalue weighted by Gasteiger charge is -2.13. The lowest BCUT2D eigenvalue weighted by Crippen LogP contribution is -2.30. The SMILES string of the molecule is Cc1cccc(C)c1NC(=O)CSc1ccc(NC(=O)/C(=C/c2c(F)cccc2Cl)NC(=O)c2ccccc2)cc1. The van der Waals surface area contributed by atoms with E-state index >= 15 is 0 Å². The summed E-state index contributed by atoms with van der Waals surface area (Å²) < 4.78 is 14.5. The highest BCUT2D eigenvalue weighted by Crippen LogP contribution is 2.24. The fourth-order valence-corrected chi connectivity index (χ4v) is 4.82. The molecule has 0 fully saturated rings. The standard InChI is InChI=1S/C32H27ClFN3O3S/c1-20-8-6-9-21(2)30(20)37-29(38)19-41-24-16-14-23(15-17-24)35-32(40)28(18-25-26(33)12-7-13-27(25)34)36-31(39)22-10-4-3-5-11-22/h3-18H,19H2,1-2H3,(H,35,40)(H,36,39)(H,37,38)/b28-18-. The molecule has 0 saturated heterocycles. The smallest absolute Gasteiger partial charge is 0.272 e. The van der Waals surface area contributed by atoms with Gasteiger partial charge in [-0.2, -0.15) is 0 Å². The minimum Gasteiger partial charge on any atom is -0.325 e. The van der Waals surface area contributed by atoms with Gasteiger partial charge in [0.05, 0.1) is 10.8 Å². The molecule has 0 aliphatic carbocycles. The molecule has 0 spiro atoms. The van der Waals surface area contributed by atoms with Crippen molar-refractivity contribution < 1.29 is 18.8 Å². The van der Waals surface area contributed by atoms with Crippen LogP contribution in [0.25, 0.3) is 6.08 Å². The molecule has 0 heterocycles. The van der Waals surface area contributed by atoms with Crippen LogP contribution in [0.2, 0.25) is 5.02 Å². The predicted molar refractivity (Wildman–Crippen MR) is 164 cm³/mol. The maximum absolute atomic E-state index is 14.5. The van der Waals surface area contributed by atoms with Crippen molar-refractivity contribution >= 4 is 58.5 Å². The number of halogens is 2. The molecular weight excluding hydrogens is 561 g/mol. The summed E-state index contributed by atoms with van der Waals surface area (Å²) in [7, 11) is 0. The quantitative estimate of drug-likeness (QED) is 0.142. The van der Waals surface area contributed by atoms with E-state index in [0.717, 1.165) is 21.7 Å². The van der Waals surface area contributed by atoms with Gasteiger partial charge >= 0.3 is 0 Å². The fourth-order valence-electron chi connectivity index (χ4n) is 3.90. The van der Waals surface area contributed by atoms with E-state index in [2.05, 4.69) is 16.0 Å². The zero-order valence-electron chi connectivity index (χ0n) is 22.3. The van der Waals surface area contributed by atoms with Gasteiger partial charge in [-0.25, -0.2) is 4.39 Å². The first kappa shape index (κ1) is 29.6. The number of hydrogen-bond acceptors (Lipinski definition) is 4. The van der Waals surface area contributed by atoms with Crippen molar-refractivity contribution in [2.75, 3.05) is 16.4 Å². The van der Waals surface area contributed by atoms with Crippen LogP contribution in [-0.4, -0.2) is 23.5 Å². The van der Waals surface area contributed by atoms with Crippen molar-refractivity contribution in [3.05, 3.63) is 130 Å². The third-order valence-corrected chi connectivity index (χ3v) is 7.39. The Morgan fingerprint density at radius 2 is 1.49 bits per heavy atom. The second kappa shape index (κ2) is 13.8. The Morgan fingerprint density at radius 3 is 2.15 bits per heavy atom. The molecule has 0 atom stereocenters. The molecule has 3 N–H and O–H groups in total. The van der Waals surface area contributed by atoms with E-state index in [1.807, 2.05) is 32.0 Å². The first-order valence-corrected chi connectivity index (χ1v) is 14.0. The van der Waals surface area contributed by atoms with Crippen LogP contribution in [0.4, 0.5) is 15.8 Å². The van der Waals surface area contributed by atoms with Gasteiger partial charge in [-0.05, 0) is 79.6 Å². The molecule has 0 radical (unpaired) electrons. The van der Waals surface area contributed by atoms with Gasteiger partial charge in [0.1, 0.15) is 11.5 Å². The van der Waals surface area contributed by atoms with Gasteiger partial charge in [-0.1, -0.05) is 54.1 Å². The number of amides is 3. The second-order valence-corrected chi connectivity index (χ2v) is 10.6. The molecule has 0 bridgehead atoms. The van der Waals surface area contributed by atoms with Crippen LogP contribution in [-0.2, 0) is 9.59 Å². The van der Waals surface area contributed by atoms with Gasteiger partial charge < -0.3 is 16.0 Å². The molecule has 9 heteroatoms. The Balaban J connectivity index is 1.44. The number of nitrogens with one attached hydrogen (secondary N) is 3. The Morgan fingerprint density at radius 1 is 0.829 bits per heavy atom. The number of hydrogen-bond donors (Lipinski definition) is 3. The Hall–Kier alpha value is -4.40. The molecule has 4 aromatic rings. The van der Waals surface area contributed by atoms with Gasteiger partial charge in [0, 0.05) is 27.4 Å². The minimum atomic E-state index is -0.665. The number of carbonyl (C=O) groups is 3. The molecular formula is C32H27ClFN3O3S. The van der Waals surface area contributed by atoms with Crippen molar-refractivity contribution in [1.82, 2.24) is 5.32 Å². The molecule has 4 rings (SSSR count). The molecule has 0 unspecified atom stereocenters. The summed E-state index contributed by atoms with van der Waals surface area (Å²) in [5.74, 6) is -1.76. The lowest BCUT2D eigenvalue weighted by atomic mass is 10.1. The number of rotatable bonds is 9. The number of para-hydroxylation sites is 1. The number of benzene rings is 4. The molecule has 3 amide bonds. The van der Waals surface area contributed by atoms with Crippen LogP contribution in [0.5, 0.6) is 0 Å². The van der Waals surface area contributed by atoms with Crippen molar-refractivity contribution in [3.8, 4) is 0 Å². The number of carbonyl (C=O) groups excluding carboxylic acids is 3. The number of thioether (sulfide) groups is 1. The highest BCUT2D eigenvalue weighted by Gasteiger charge is 2.17. The van der Waals surface area contributed by atoms with Crippen molar-refractivity contribution in [2.45, 2.75) is 18.7 Å². The minimum absolute atomic E-state index is 0.0291. The summed E-state index contributed by atoms with van der Waals surface area (Å²) in [5.41, 5.74) is 3.36. The highest BCUT2D eigenvalue weighted by molar-refractivity contribution is 8.00. The fraction of sp³-hybridized carbons (Fsp3) is 0.0938. The van der Waals surface area contributed by atoms with E-state index in [0.29, 0.717) is 11.3 Å². The van der Waals surface area contributed by atoms with Crippen molar-refractivity contribution in [2.24, 2.45) is 0 Å². The summed E-state index contributed by atoms with van der Waals surface area (Å²) in [5, 5.41) is 8.33. The molecule has 208 valence electrons. The van der Waals surface area contributed by atoms with Gasteiger partial charge in [0.25, 0.3) is 11.8 Å². The third-order valence-electron chi connectivity index (χ3n) is 6.04.